The van der Waals surface area contributed by atoms with Crippen LogP contribution in [-0.2, 0) is 16.1 Å². The summed E-state index contributed by atoms with van der Waals surface area (Å²) in [5.41, 5.74) is 1.37. The van der Waals surface area contributed by atoms with Gasteiger partial charge in [0, 0.05) is 57.3 Å². The molecule has 2 aliphatic rings. The first kappa shape index (κ1) is 28.1. The summed E-state index contributed by atoms with van der Waals surface area (Å²) in [5, 5.41) is 20.2. The van der Waals surface area contributed by atoms with Gasteiger partial charge in [0.15, 0.2) is 0 Å². The molecule has 0 radical (unpaired) electrons. The number of nitrogens with zero attached hydrogens (tertiary/aromatic N) is 2. The third-order valence-electron chi connectivity index (χ3n) is 7.26. The Labute approximate surface area is 216 Å². The Bertz CT molecular complexity index is 918. The molecule has 4 N–H and O–H groups in total. The van der Waals surface area contributed by atoms with Crippen molar-refractivity contribution in [2.45, 2.75) is 71.3 Å². The lowest BCUT2D eigenvalue weighted by Gasteiger charge is -2.40. The third-order valence-corrected chi connectivity index (χ3v) is 7.26. The highest BCUT2D eigenvalue weighted by atomic mass is 16.3. The molecule has 8 heteroatoms. The molecule has 3 rings (SSSR count). The monoisotopic (exact) mass is 497 g/mol. The van der Waals surface area contributed by atoms with E-state index in [9.17, 15) is 14.7 Å². The quantitative estimate of drug-likeness (QED) is 0.359. The van der Waals surface area contributed by atoms with Crippen LogP contribution in [0.2, 0.25) is 0 Å². The van der Waals surface area contributed by atoms with Crippen LogP contribution in [0, 0.1) is 17.8 Å². The van der Waals surface area contributed by atoms with Crippen molar-refractivity contribution in [3.63, 3.8) is 0 Å². The largest absolute Gasteiger partial charge is 0.391 e. The van der Waals surface area contributed by atoms with Crippen molar-refractivity contribution in [3.8, 4) is 12.3 Å². The molecule has 1 aromatic rings. The minimum Gasteiger partial charge on any atom is -0.391 e. The van der Waals surface area contributed by atoms with Gasteiger partial charge in [-0.15, -0.1) is 6.42 Å². The number of carbonyl (C=O) groups excluding carboxylic acids is 2. The molecule has 2 aliphatic heterocycles. The average molecular weight is 498 g/mol. The lowest BCUT2D eigenvalue weighted by atomic mass is 9.79. The summed E-state index contributed by atoms with van der Waals surface area (Å²) in [6.07, 6.45) is 5.78. The maximum Gasteiger partial charge on any atom is 0.243 e. The van der Waals surface area contributed by atoms with E-state index in [2.05, 4.69) is 40.6 Å². The van der Waals surface area contributed by atoms with Crippen molar-refractivity contribution in [1.82, 2.24) is 25.8 Å². The topological polar surface area (TPSA) is 96.9 Å². The molecule has 0 spiro atoms. The minimum atomic E-state index is -0.719. The van der Waals surface area contributed by atoms with Crippen molar-refractivity contribution in [2.75, 3.05) is 39.3 Å². The number of β-amino-alcohol motifs (C(OH)–C–C–N with tert-alkyl or cyclic N) is 1. The zero-order valence-electron chi connectivity index (χ0n) is 22.2. The van der Waals surface area contributed by atoms with E-state index >= 15 is 0 Å². The smallest absolute Gasteiger partial charge is 0.243 e. The maximum absolute atomic E-state index is 13.9. The van der Waals surface area contributed by atoms with Crippen LogP contribution in [0.4, 0.5) is 0 Å². The molecule has 2 saturated heterocycles. The Kier molecular flexibility index (Phi) is 9.92. The lowest BCUT2D eigenvalue weighted by molar-refractivity contribution is -0.142. The number of rotatable bonds is 10. The third kappa shape index (κ3) is 7.53. The van der Waals surface area contributed by atoms with E-state index in [1.807, 2.05) is 38.1 Å². The fraction of sp³-hybridized carbons (Fsp3) is 0.643. The van der Waals surface area contributed by atoms with Gasteiger partial charge in [0.05, 0.1) is 12.1 Å². The maximum atomic E-state index is 13.9. The molecular weight excluding hydrogens is 454 g/mol. The van der Waals surface area contributed by atoms with Gasteiger partial charge in [-0.05, 0) is 36.1 Å². The molecule has 8 nitrogen and oxygen atoms in total. The standard InChI is InChI=1S/C28H43N5O3/c1-6-21-7-9-22(10-8-21)18-30-26(35)24-17-23(34)19-33(24)27(36)25(31-20(2)3)28(4,5)11-14-32-15-12-29-13-16-32/h1,7-10,20,23-25,29,31,34H,11-19H2,2-5H3,(H,30,35)/t23-,24+,25-/m1/s1. The molecule has 0 aliphatic carbocycles. The molecule has 36 heavy (non-hydrogen) atoms. The summed E-state index contributed by atoms with van der Waals surface area (Å²) < 4.78 is 0. The van der Waals surface area contributed by atoms with E-state index in [4.69, 9.17) is 6.42 Å². The second-order valence-corrected chi connectivity index (χ2v) is 11.0. The summed E-state index contributed by atoms with van der Waals surface area (Å²) >= 11 is 0. The first-order valence-electron chi connectivity index (χ1n) is 13.1. The number of terminal acetylenes is 1. The number of piperazine rings is 1. The zero-order chi connectivity index (χ0) is 26.3. The Morgan fingerprint density at radius 2 is 1.89 bits per heavy atom. The predicted molar refractivity (Wildman–Crippen MR) is 142 cm³/mol. The van der Waals surface area contributed by atoms with Gasteiger partial charge < -0.3 is 30.9 Å². The van der Waals surface area contributed by atoms with Gasteiger partial charge in [-0.3, -0.25) is 9.59 Å². The Morgan fingerprint density at radius 3 is 2.50 bits per heavy atom. The second kappa shape index (κ2) is 12.7. The zero-order valence-corrected chi connectivity index (χ0v) is 22.2. The van der Waals surface area contributed by atoms with Crippen molar-refractivity contribution in [2.24, 2.45) is 5.41 Å². The van der Waals surface area contributed by atoms with Crippen LogP contribution < -0.4 is 16.0 Å². The van der Waals surface area contributed by atoms with Crippen molar-refractivity contribution < 1.29 is 14.7 Å². The highest BCUT2D eigenvalue weighted by Gasteiger charge is 2.45. The van der Waals surface area contributed by atoms with Crippen LogP contribution in [0.15, 0.2) is 24.3 Å². The summed E-state index contributed by atoms with van der Waals surface area (Å²) in [6, 6.07) is 6.37. The molecule has 1 aromatic carbocycles. The molecule has 198 valence electrons. The number of aliphatic hydroxyl groups is 1. The highest BCUT2D eigenvalue weighted by Crippen LogP contribution is 2.30. The van der Waals surface area contributed by atoms with Crippen LogP contribution in [0.25, 0.3) is 0 Å². The molecule has 2 amide bonds. The summed E-state index contributed by atoms with van der Waals surface area (Å²) in [6.45, 7) is 13.7. The molecule has 3 atom stereocenters. The highest BCUT2D eigenvalue weighted by molar-refractivity contribution is 5.91. The van der Waals surface area contributed by atoms with E-state index in [0.29, 0.717) is 6.54 Å². The van der Waals surface area contributed by atoms with E-state index in [1.54, 1.807) is 4.90 Å². The average Bonchev–Trinajstić information content (AvgIpc) is 3.26. The molecular formula is C28H43N5O3. The van der Waals surface area contributed by atoms with Crippen LogP contribution in [0.3, 0.4) is 0 Å². The van der Waals surface area contributed by atoms with Crippen molar-refractivity contribution in [3.05, 3.63) is 35.4 Å². The molecule has 2 heterocycles. The fourth-order valence-electron chi connectivity index (χ4n) is 4.99. The van der Waals surface area contributed by atoms with Crippen LogP contribution in [0.5, 0.6) is 0 Å². The van der Waals surface area contributed by atoms with E-state index in [0.717, 1.165) is 50.3 Å². The SMILES string of the molecule is C#Cc1ccc(CNC(=O)[C@@H]2C[C@@H](O)CN2C(=O)[C@@H](NC(C)C)C(C)(C)CCN2CCNCC2)cc1. The van der Waals surface area contributed by atoms with E-state index in [-0.39, 0.29) is 36.2 Å². The van der Waals surface area contributed by atoms with Gasteiger partial charge in [-0.2, -0.15) is 0 Å². The number of hydrogen-bond acceptors (Lipinski definition) is 6. The molecule has 0 saturated carbocycles. The Morgan fingerprint density at radius 1 is 1.22 bits per heavy atom. The summed E-state index contributed by atoms with van der Waals surface area (Å²) in [4.78, 5) is 31.1. The Balaban J connectivity index is 1.68. The number of hydrogen-bond donors (Lipinski definition) is 4. The first-order valence-corrected chi connectivity index (χ1v) is 13.1. The Hall–Kier alpha value is -2.44. The van der Waals surface area contributed by atoms with Crippen molar-refractivity contribution >= 4 is 11.8 Å². The second-order valence-electron chi connectivity index (χ2n) is 11.0. The van der Waals surface area contributed by atoms with Gasteiger partial charge in [-0.1, -0.05) is 45.7 Å². The van der Waals surface area contributed by atoms with Gasteiger partial charge in [0.25, 0.3) is 0 Å². The first-order chi connectivity index (χ1) is 17.1. The van der Waals surface area contributed by atoms with Crippen molar-refractivity contribution in [1.29, 1.82) is 0 Å². The number of amides is 2. The summed E-state index contributed by atoms with van der Waals surface area (Å²) in [7, 11) is 0. The fourth-order valence-corrected chi connectivity index (χ4v) is 4.99. The molecule has 0 bridgehead atoms. The number of aliphatic hydroxyl groups excluding tert-OH is 1. The predicted octanol–water partition coefficient (Wildman–Crippen LogP) is 0.934. The van der Waals surface area contributed by atoms with Crippen LogP contribution >= 0.6 is 0 Å². The molecule has 0 aromatic heterocycles. The number of nitrogens with one attached hydrogen (secondary N) is 3. The van der Waals surface area contributed by atoms with Crippen LogP contribution in [0.1, 0.15) is 51.7 Å². The minimum absolute atomic E-state index is 0.100. The van der Waals surface area contributed by atoms with E-state index < -0.39 is 18.2 Å². The van der Waals surface area contributed by atoms with E-state index in [1.165, 1.54) is 0 Å². The summed E-state index contributed by atoms with van der Waals surface area (Å²) in [5.74, 6) is 2.21. The number of likely N-dealkylation sites (tertiary alicyclic amines) is 1. The normalized spacial score (nSPS) is 21.9. The van der Waals surface area contributed by atoms with Gasteiger partial charge in [0.2, 0.25) is 11.8 Å². The number of carbonyl (C=O) groups is 2. The molecule has 0 unspecified atom stereocenters. The number of benzene rings is 1. The molecule has 2 fully saturated rings. The lowest BCUT2D eigenvalue weighted by Crippen LogP contribution is -2.59. The van der Waals surface area contributed by atoms with Gasteiger partial charge in [0.1, 0.15) is 6.04 Å². The van der Waals surface area contributed by atoms with Gasteiger partial charge >= 0.3 is 0 Å². The van der Waals surface area contributed by atoms with Gasteiger partial charge in [-0.25, -0.2) is 0 Å². The van der Waals surface area contributed by atoms with Crippen LogP contribution in [-0.4, -0.2) is 90.2 Å².